The minimum atomic E-state index is -3.95. The highest BCUT2D eigenvalue weighted by Gasteiger charge is 2.18. The first-order chi connectivity index (χ1) is 14.8. The first-order valence-corrected chi connectivity index (χ1v) is 10.9. The summed E-state index contributed by atoms with van der Waals surface area (Å²) in [5.41, 5.74) is 0.368. The average molecular weight is 455 g/mol. The Bertz CT molecular complexity index is 1460. The van der Waals surface area contributed by atoms with E-state index in [0.29, 0.717) is 5.39 Å². The highest BCUT2D eigenvalue weighted by atomic mass is 35.5. The van der Waals surface area contributed by atoms with Crippen molar-refractivity contribution in [1.82, 2.24) is 0 Å². The molecule has 1 heterocycles. The van der Waals surface area contributed by atoms with Crippen LogP contribution in [0.1, 0.15) is 10.6 Å². The molecule has 0 fully saturated rings. The van der Waals surface area contributed by atoms with Crippen LogP contribution in [0.25, 0.3) is 11.0 Å². The Morgan fingerprint density at radius 3 is 2.45 bits per heavy atom. The van der Waals surface area contributed by atoms with Crippen LogP contribution in [0.15, 0.2) is 93.0 Å². The molecule has 1 amide bonds. The summed E-state index contributed by atoms with van der Waals surface area (Å²) in [7, 11) is -3.95. The SMILES string of the molecule is O=C(Nc1cccc(S(=O)(=O)Nc2ccccc2Cl)c1)c1cc(=O)c2ccccc2o1. The molecule has 1 aromatic heterocycles. The molecule has 0 unspecified atom stereocenters. The molecule has 2 N–H and O–H groups in total. The van der Waals surface area contributed by atoms with Gasteiger partial charge in [0.2, 0.25) is 0 Å². The molecule has 0 radical (unpaired) electrons. The van der Waals surface area contributed by atoms with E-state index in [-0.39, 0.29) is 38.1 Å². The Morgan fingerprint density at radius 1 is 0.903 bits per heavy atom. The molecule has 0 atom stereocenters. The number of hydrogen-bond acceptors (Lipinski definition) is 5. The predicted molar refractivity (Wildman–Crippen MR) is 119 cm³/mol. The molecule has 0 bridgehead atoms. The molecular weight excluding hydrogens is 440 g/mol. The fourth-order valence-electron chi connectivity index (χ4n) is 2.90. The van der Waals surface area contributed by atoms with Crippen LogP contribution < -0.4 is 15.5 Å². The first kappa shape index (κ1) is 20.6. The third-order valence-electron chi connectivity index (χ3n) is 4.38. The van der Waals surface area contributed by atoms with E-state index >= 15 is 0 Å². The molecule has 156 valence electrons. The van der Waals surface area contributed by atoms with Gasteiger partial charge in [0, 0.05) is 11.8 Å². The number of benzene rings is 3. The number of fused-ring (bicyclic) bond motifs is 1. The number of sulfonamides is 1. The lowest BCUT2D eigenvalue weighted by Gasteiger charge is -2.11. The van der Waals surface area contributed by atoms with Crippen molar-refractivity contribution in [3.63, 3.8) is 0 Å². The van der Waals surface area contributed by atoms with E-state index in [1.807, 2.05) is 0 Å². The number of carbonyl (C=O) groups is 1. The first-order valence-electron chi connectivity index (χ1n) is 9.05. The Morgan fingerprint density at radius 2 is 1.65 bits per heavy atom. The lowest BCUT2D eigenvalue weighted by Crippen LogP contribution is -2.16. The summed E-state index contributed by atoms with van der Waals surface area (Å²) in [5, 5.41) is 3.16. The second kappa shape index (κ2) is 8.25. The Labute approximate surface area is 182 Å². The molecule has 31 heavy (non-hydrogen) atoms. The predicted octanol–water partition coefficient (Wildman–Crippen LogP) is 4.50. The van der Waals surface area contributed by atoms with Gasteiger partial charge in [0.05, 0.1) is 21.0 Å². The molecule has 0 aliphatic rings. The van der Waals surface area contributed by atoms with Crippen LogP contribution in [-0.4, -0.2) is 14.3 Å². The Balaban J connectivity index is 1.59. The van der Waals surface area contributed by atoms with Gasteiger partial charge in [-0.2, -0.15) is 0 Å². The van der Waals surface area contributed by atoms with Gasteiger partial charge in [0.25, 0.3) is 15.9 Å². The summed E-state index contributed by atoms with van der Waals surface area (Å²) < 4.78 is 33.3. The fourth-order valence-corrected chi connectivity index (χ4v) is 4.26. The summed E-state index contributed by atoms with van der Waals surface area (Å²) in [6.45, 7) is 0. The monoisotopic (exact) mass is 454 g/mol. The van der Waals surface area contributed by atoms with Crippen molar-refractivity contribution in [2.24, 2.45) is 0 Å². The van der Waals surface area contributed by atoms with Crippen LogP contribution in [0, 0.1) is 0 Å². The van der Waals surface area contributed by atoms with Crippen molar-refractivity contribution in [2.45, 2.75) is 4.90 Å². The summed E-state index contributed by atoms with van der Waals surface area (Å²) in [6, 6.07) is 19.8. The van der Waals surface area contributed by atoms with Crippen molar-refractivity contribution >= 4 is 49.9 Å². The van der Waals surface area contributed by atoms with Gasteiger partial charge in [-0.25, -0.2) is 8.42 Å². The summed E-state index contributed by atoms with van der Waals surface area (Å²) in [4.78, 5) is 24.7. The van der Waals surface area contributed by atoms with Gasteiger partial charge >= 0.3 is 0 Å². The third-order valence-corrected chi connectivity index (χ3v) is 6.07. The maximum Gasteiger partial charge on any atom is 0.291 e. The molecule has 3 aromatic carbocycles. The third kappa shape index (κ3) is 4.45. The van der Waals surface area contributed by atoms with Gasteiger partial charge in [-0.15, -0.1) is 0 Å². The van der Waals surface area contributed by atoms with Gasteiger partial charge in [0.15, 0.2) is 11.2 Å². The lowest BCUT2D eigenvalue weighted by molar-refractivity contribution is 0.0997. The normalized spacial score (nSPS) is 11.3. The topological polar surface area (TPSA) is 105 Å². The standard InChI is InChI=1S/C22H15ClN2O5S/c23-17-9-2-3-10-18(17)25-31(28,29)15-7-5-6-14(12-15)24-22(27)21-13-19(26)16-8-1-4-11-20(16)30-21/h1-13,25H,(H,24,27). The zero-order valence-electron chi connectivity index (χ0n) is 15.8. The highest BCUT2D eigenvalue weighted by molar-refractivity contribution is 7.92. The number of carbonyl (C=O) groups excluding carboxylic acids is 1. The zero-order valence-corrected chi connectivity index (χ0v) is 17.4. The molecule has 0 spiro atoms. The van der Waals surface area contributed by atoms with Crippen LogP contribution in [0.3, 0.4) is 0 Å². The van der Waals surface area contributed by atoms with Crippen LogP contribution in [0.5, 0.6) is 0 Å². The van der Waals surface area contributed by atoms with E-state index in [1.165, 1.54) is 30.3 Å². The van der Waals surface area contributed by atoms with E-state index in [9.17, 15) is 18.0 Å². The van der Waals surface area contributed by atoms with Crippen molar-refractivity contribution in [3.8, 4) is 0 Å². The van der Waals surface area contributed by atoms with Crippen molar-refractivity contribution in [3.05, 3.63) is 99.9 Å². The van der Waals surface area contributed by atoms with E-state index in [2.05, 4.69) is 10.0 Å². The molecule has 4 rings (SSSR count). The molecule has 0 aliphatic heterocycles. The van der Waals surface area contributed by atoms with Gasteiger partial charge in [0.1, 0.15) is 5.58 Å². The lowest BCUT2D eigenvalue weighted by atomic mass is 10.2. The number of halogens is 1. The van der Waals surface area contributed by atoms with E-state index in [1.54, 1.807) is 42.5 Å². The Hall–Kier alpha value is -3.62. The van der Waals surface area contributed by atoms with E-state index in [4.69, 9.17) is 16.0 Å². The number of rotatable bonds is 5. The fraction of sp³-hybridized carbons (Fsp3) is 0. The number of anilines is 2. The van der Waals surface area contributed by atoms with E-state index < -0.39 is 15.9 Å². The number of hydrogen-bond donors (Lipinski definition) is 2. The van der Waals surface area contributed by atoms with Crippen molar-refractivity contribution in [1.29, 1.82) is 0 Å². The molecule has 0 aliphatic carbocycles. The molecular formula is C22H15ClN2O5S. The summed E-state index contributed by atoms with van der Waals surface area (Å²) in [6.07, 6.45) is 0. The van der Waals surface area contributed by atoms with Gasteiger partial charge in [-0.1, -0.05) is 41.9 Å². The van der Waals surface area contributed by atoms with E-state index in [0.717, 1.165) is 6.07 Å². The summed E-state index contributed by atoms with van der Waals surface area (Å²) in [5.74, 6) is -0.873. The van der Waals surface area contributed by atoms with Crippen molar-refractivity contribution in [2.75, 3.05) is 10.0 Å². The minimum absolute atomic E-state index is 0.0785. The van der Waals surface area contributed by atoms with Gasteiger partial charge < -0.3 is 9.73 Å². The largest absolute Gasteiger partial charge is 0.451 e. The van der Waals surface area contributed by atoms with Gasteiger partial charge in [-0.05, 0) is 42.5 Å². The molecule has 7 nitrogen and oxygen atoms in total. The number of nitrogens with one attached hydrogen (secondary N) is 2. The summed E-state index contributed by atoms with van der Waals surface area (Å²) >= 11 is 6.02. The zero-order chi connectivity index (χ0) is 22.0. The highest BCUT2D eigenvalue weighted by Crippen LogP contribution is 2.25. The van der Waals surface area contributed by atoms with Crippen LogP contribution >= 0.6 is 11.6 Å². The average Bonchev–Trinajstić information content (AvgIpc) is 2.75. The Kier molecular flexibility index (Phi) is 5.50. The molecule has 9 heteroatoms. The van der Waals surface area contributed by atoms with Gasteiger partial charge in [-0.3, -0.25) is 14.3 Å². The minimum Gasteiger partial charge on any atom is -0.451 e. The van der Waals surface area contributed by atoms with Crippen molar-refractivity contribution < 1.29 is 17.6 Å². The maximum absolute atomic E-state index is 12.7. The second-order valence-corrected chi connectivity index (χ2v) is 8.63. The van der Waals surface area contributed by atoms with Crippen LogP contribution in [0.2, 0.25) is 5.02 Å². The molecule has 0 saturated heterocycles. The van der Waals surface area contributed by atoms with Crippen LogP contribution in [-0.2, 0) is 10.0 Å². The smallest absolute Gasteiger partial charge is 0.291 e. The number of para-hydroxylation sites is 2. The molecule has 0 saturated carbocycles. The van der Waals surface area contributed by atoms with Crippen LogP contribution in [0.4, 0.5) is 11.4 Å². The number of amides is 1. The molecule has 4 aromatic rings. The second-order valence-electron chi connectivity index (χ2n) is 6.54. The quantitative estimate of drug-likeness (QED) is 0.462. The maximum atomic E-state index is 12.7.